The van der Waals surface area contributed by atoms with Crippen LogP contribution < -0.4 is 10.0 Å². The minimum absolute atomic E-state index is 0.140. The van der Waals surface area contributed by atoms with E-state index in [0.717, 1.165) is 22.2 Å². The van der Waals surface area contributed by atoms with Crippen molar-refractivity contribution in [2.45, 2.75) is 35.7 Å². The molecule has 16 nitrogen and oxygen atoms in total. The fourth-order valence-electron chi connectivity index (χ4n) is 5.34. The maximum Gasteiger partial charge on any atom is 0.296 e. The molecule has 4 aromatic rings. The summed E-state index contributed by atoms with van der Waals surface area (Å²) in [5, 5.41) is 26.3. The smallest absolute Gasteiger partial charge is 0.282 e. The minimum Gasteiger partial charge on any atom is -0.282 e. The zero-order valence-electron chi connectivity index (χ0n) is 27.3. The standard InChI is InChI=1S/C32H22Cl4N8O8S2/c1-15-27(31(45)43(41-15)29-21(33)5-3-7-25(29)53(47,48)49)39-37-17-9-11-19(23(35)13-17)20-12-10-18(14-24(20)36)38-40-28-16(2)42-44(32(28)46)30-22(34)6-4-8-26(30)54(50,51)52/h3-14,27-28H,1-2H3,(H,47,48,49)(H,50,51,52). The number of anilines is 2. The second-order valence-corrected chi connectivity index (χ2v) is 15.9. The zero-order chi connectivity index (χ0) is 39.3. The number of nitrogens with zero attached hydrogens (tertiary/aromatic N) is 8. The van der Waals surface area contributed by atoms with Crippen molar-refractivity contribution in [1.29, 1.82) is 0 Å². The number of para-hydroxylation sites is 2. The van der Waals surface area contributed by atoms with Crippen molar-refractivity contribution in [3.8, 4) is 11.1 Å². The Morgan fingerprint density at radius 1 is 0.593 bits per heavy atom. The highest BCUT2D eigenvalue weighted by atomic mass is 35.5. The lowest BCUT2D eigenvalue weighted by molar-refractivity contribution is -0.118. The fourth-order valence-corrected chi connectivity index (χ4v) is 7.89. The number of benzene rings is 4. The Kier molecular flexibility index (Phi) is 10.8. The van der Waals surface area contributed by atoms with E-state index >= 15 is 0 Å². The van der Waals surface area contributed by atoms with E-state index in [-0.39, 0.29) is 54.3 Å². The van der Waals surface area contributed by atoms with Gasteiger partial charge in [-0.2, -0.15) is 57.5 Å². The molecule has 0 bridgehead atoms. The van der Waals surface area contributed by atoms with Crippen molar-refractivity contribution in [2.24, 2.45) is 30.7 Å². The van der Waals surface area contributed by atoms with E-state index in [1.165, 1.54) is 50.2 Å². The molecule has 6 rings (SSSR count). The number of amides is 2. The number of azo groups is 2. The van der Waals surface area contributed by atoms with Crippen LogP contribution in [0.5, 0.6) is 0 Å². The van der Waals surface area contributed by atoms with Crippen molar-refractivity contribution in [3.63, 3.8) is 0 Å². The van der Waals surface area contributed by atoms with E-state index in [1.54, 1.807) is 24.3 Å². The number of carbonyl (C=O) groups is 2. The summed E-state index contributed by atoms with van der Waals surface area (Å²) < 4.78 is 67.0. The second kappa shape index (κ2) is 14.9. The lowest BCUT2D eigenvalue weighted by atomic mass is 10.0. The highest BCUT2D eigenvalue weighted by molar-refractivity contribution is 7.86. The van der Waals surface area contributed by atoms with Crippen LogP contribution in [0, 0.1) is 0 Å². The van der Waals surface area contributed by atoms with Crippen LogP contribution in [-0.2, 0) is 29.8 Å². The van der Waals surface area contributed by atoms with E-state index in [1.807, 2.05) is 0 Å². The van der Waals surface area contributed by atoms with Crippen LogP contribution >= 0.6 is 46.4 Å². The van der Waals surface area contributed by atoms with Crippen molar-refractivity contribution in [2.75, 3.05) is 10.0 Å². The quantitative estimate of drug-likeness (QED) is 0.123. The minimum atomic E-state index is -4.75. The van der Waals surface area contributed by atoms with Crippen LogP contribution in [-0.4, -0.2) is 61.3 Å². The maximum absolute atomic E-state index is 13.2. The highest BCUT2D eigenvalue weighted by Crippen LogP contribution is 2.40. The Balaban J connectivity index is 1.17. The number of hydrogen-bond acceptors (Lipinski definition) is 12. The molecule has 0 aromatic heterocycles. The molecule has 2 atom stereocenters. The van der Waals surface area contributed by atoms with Crippen molar-refractivity contribution in [3.05, 3.63) is 92.9 Å². The lowest BCUT2D eigenvalue weighted by Gasteiger charge is -2.17. The molecule has 2 N–H and O–H groups in total. The molecule has 54 heavy (non-hydrogen) atoms. The molecule has 2 heterocycles. The predicted octanol–water partition coefficient (Wildman–Crippen LogP) is 8.21. The Labute approximate surface area is 326 Å². The molecule has 0 saturated heterocycles. The topological polar surface area (TPSA) is 224 Å². The molecule has 0 radical (unpaired) electrons. The highest BCUT2D eigenvalue weighted by Gasteiger charge is 2.39. The van der Waals surface area contributed by atoms with Gasteiger partial charge in [-0.15, -0.1) is 0 Å². The normalized spacial score (nSPS) is 18.0. The molecule has 0 saturated carbocycles. The van der Waals surface area contributed by atoms with Crippen molar-refractivity contribution >= 4 is 113 Å². The van der Waals surface area contributed by atoms with Gasteiger partial charge in [0.15, 0.2) is 12.1 Å². The Bertz CT molecular complexity index is 2440. The summed E-state index contributed by atoms with van der Waals surface area (Å²) in [6.07, 6.45) is 0. The Hall–Kier alpha value is -4.66. The maximum atomic E-state index is 13.2. The summed E-state index contributed by atoms with van der Waals surface area (Å²) in [7, 11) is -9.50. The molecule has 4 aromatic carbocycles. The average molecular weight is 853 g/mol. The Morgan fingerprint density at radius 2 is 0.963 bits per heavy atom. The van der Waals surface area contributed by atoms with Crippen molar-refractivity contribution in [1.82, 2.24) is 0 Å². The third-order valence-corrected chi connectivity index (χ3v) is 10.8. The molecule has 0 fully saturated rings. The summed E-state index contributed by atoms with van der Waals surface area (Å²) in [4.78, 5) is 25.3. The zero-order valence-corrected chi connectivity index (χ0v) is 32.0. The van der Waals surface area contributed by atoms with E-state index in [4.69, 9.17) is 46.4 Å². The summed E-state index contributed by atoms with van der Waals surface area (Å²) in [5.74, 6) is -1.52. The van der Waals surface area contributed by atoms with Gasteiger partial charge in [-0.3, -0.25) is 18.7 Å². The third-order valence-electron chi connectivity index (χ3n) is 7.84. The number of hydrogen-bond donors (Lipinski definition) is 2. The molecule has 278 valence electrons. The fraction of sp³-hybridized carbons (Fsp3) is 0.125. The summed E-state index contributed by atoms with van der Waals surface area (Å²) in [6.45, 7) is 2.98. The second-order valence-electron chi connectivity index (χ2n) is 11.5. The first kappa shape index (κ1) is 39.0. The van der Waals surface area contributed by atoms with Crippen LogP contribution in [0.1, 0.15) is 13.8 Å². The SMILES string of the molecule is CC1=NN(c2c(Cl)cccc2S(=O)(=O)O)C(=O)C1N=Nc1ccc(-c2ccc(N=NC3C(=O)N(c4c(Cl)cccc4S(=O)(=O)O)N=C3C)cc2Cl)c(Cl)c1. The molecular formula is C32H22Cl4N8O8S2. The number of rotatable bonds is 9. The van der Waals surface area contributed by atoms with Gasteiger partial charge in [-0.25, -0.2) is 0 Å². The van der Waals surface area contributed by atoms with Gasteiger partial charge < -0.3 is 0 Å². The first-order valence-electron chi connectivity index (χ1n) is 15.1. The van der Waals surface area contributed by atoms with Gasteiger partial charge >= 0.3 is 0 Å². The lowest BCUT2D eigenvalue weighted by Crippen LogP contribution is -2.30. The predicted molar refractivity (Wildman–Crippen MR) is 202 cm³/mol. The molecule has 2 aliphatic rings. The van der Waals surface area contributed by atoms with E-state index in [2.05, 4.69) is 30.7 Å². The Morgan fingerprint density at radius 3 is 1.30 bits per heavy atom. The molecule has 2 amide bonds. The van der Waals surface area contributed by atoms with Crippen molar-refractivity contribution < 1.29 is 35.5 Å². The molecule has 0 spiro atoms. The summed E-state index contributed by atoms with van der Waals surface area (Å²) in [5.41, 5.74) is 1.23. The van der Waals surface area contributed by atoms with Crippen LogP contribution in [0.3, 0.4) is 0 Å². The largest absolute Gasteiger partial charge is 0.296 e. The van der Waals surface area contributed by atoms with E-state index in [9.17, 15) is 35.5 Å². The summed E-state index contributed by atoms with van der Waals surface area (Å²) in [6, 6.07) is 14.3. The summed E-state index contributed by atoms with van der Waals surface area (Å²) >= 11 is 25.5. The van der Waals surface area contributed by atoms with Crippen LogP contribution in [0.4, 0.5) is 22.7 Å². The van der Waals surface area contributed by atoms with Gasteiger partial charge in [0.1, 0.15) is 21.2 Å². The molecule has 2 aliphatic heterocycles. The average Bonchev–Trinajstić information content (AvgIpc) is 3.53. The third kappa shape index (κ3) is 7.64. The first-order chi connectivity index (χ1) is 25.4. The molecule has 0 aliphatic carbocycles. The molecule has 2 unspecified atom stereocenters. The number of carbonyl (C=O) groups excluding carboxylic acids is 2. The van der Waals surface area contributed by atoms with Crippen LogP contribution in [0.15, 0.2) is 113 Å². The van der Waals surface area contributed by atoms with Gasteiger partial charge in [0.05, 0.1) is 42.9 Å². The number of halogens is 4. The monoisotopic (exact) mass is 850 g/mol. The van der Waals surface area contributed by atoms with Crippen LogP contribution in [0.25, 0.3) is 11.1 Å². The van der Waals surface area contributed by atoms with Gasteiger partial charge in [0, 0.05) is 11.1 Å². The van der Waals surface area contributed by atoms with Gasteiger partial charge in [-0.1, -0.05) is 70.7 Å². The van der Waals surface area contributed by atoms with E-state index < -0.39 is 53.9 Å². The molecule has 22 heteroatoms. The van der Waals surface area contributed by atoms with Gasteiger partial charge in [0.25, 0.3) is 32.1 Å². The van der Waals surface area contributed by atoms with Gasteiger partial charge in [0.2, 0.25) is 0 Å². The number of hydrazone groups is 2. The van der Waals surface area contributed by atoms with Crippen LogP contribution in [0.2, 0.25) is 20.1 Å². The van der Waals surface area contributed by atoms with Gasteiger partial charge in [-0.05, 0) is 62.4 Å². The first-order valence-corrected chi connectivity index (χ1v) is 19.5. The molecular weight excluding hydrogens is 830 g/mol. The van der Waals surface area contributed by atoms with E-state index in [0.29, 0.717) is 11.1 Å².